The number of carbonyl (C=O) groups excluding carboxylic acids is 2. The molecule has 0 aliphatic carbocycles. The first-order valence-corrected chi connectivity index (χ1v) is 13.2. The molecule has 0 unspecified atom stereocenters. The Balaban J connectivity index is 1.27. The van der Waals surface area contributed by atoms with Crippen LogP contribution in [0.3, 0.4) is 0 Å². The summed E-state index contributed by atoms with van der Waals surface area (Å²) in [5, 5.41) is 8.99. The predicted octanol–water partition coefficient (Wildman–Crippen LogP) is 6.93. The van der Waals surface area contributed by atoms with E-state index in [4.69, 9.17) is 27.9 Å². The van der Waals surface area contributed by atoms with Gasteiger partial charge in [0.05, 0.1) is 11.8 Å². The Kier molecular flexibility index (Phi) is 8.44. The van der Waals surface area contributed by atoms with Gasteiger partial charge < -0.3 is 14.6 Å². The Morgan fingerprint density at radius 1 is 0.900 bits per heavy atom. The maximum Gasteiger partial charge on any atom is 0.275 e. The normalized spacial score (nSPS) is 11.1. The summed E-state index contributed by atoms with van der Waals surface area (Å²) in [4.78, 5) is 25.6. The van der Waals surface area contributed by atoms with Gasteiger partial charge in [0.25, 0.3) is 5.91 Å². The quantitative estimate of drug-likeness (QED) is 0.149. The van der Waals surface area contributed by atoms with Crippen LogP contribution in [0, 0.1) is 0 Å². The molecule has 1 heterocycles. The second kappa shape index (κ2) is 12.5. The average Bonchev–Trinajstić information content (AvgIpc) is 3.30. The zero-order valence-electron chi connectivity index (χ0n) is 21.2. The Hall–Kier alpha value is -4.59. The minimum atomic E-state index is -0.431. The van der Waals surface area contributed by atoms with E-state index in [1.807, 2.05) is 65.4 Å². The molecule has 0 aliphatic rings. The molecule has 200 valence electrons. The molecule has 9 heteroatoms. The van der Waals surface area contributed by atoms with Crippen molar-refractivity contribution in [2.75, 3.05) is 5.32 Å². The zero-order valence-corrected chi connectivity index (χ0v) is 22.7. The number of hydrogen-bond donors (Lipinski definition) is 2. The SMILES string of the molecule is O=C(Cn1cc(/C=N/NC(=O)c2ccccc2OCc2ccc(Cl)cc2Cl)c2ccccc21)Nc1ccccc1. The number of nitrogens with one attached hydrogen (secondary N) is 2. The van der Waals surface area contributed by atoms with Crippen LogP contribution in [0.4, 0.5) is 5.69 Å². The molecule has 1 aromatic heterocycles. The van der Waals surface area contributed by atoms with Crippen LogP contribution in [0.5, 0.6) is 5.75 Å². The number of fused-ring (bicyclic) bond motifs is 1. The van der Waals surface area contributed by atoms with Gasteiger partial charge >= 0.3 is 0 Å². The monoisotopic (exact) mass is 570 g/mol. The van der Waals surface area contributed by atoms with Crippen LogP contribution in [0.25, 0.3) is 10.9 Å². The molecule has 0 radical (unpaired) electrons. The fourth-order valence-corrected chi connectivity index (χ4v) is 4.64. The summed E-state index contributed by atoms with van der Waals surface area (Å²) in [6.45, 7) is 0.291. The van der Waals surface area contributed by atoms with Crippen LogP contribution >= 0.6 is 23.2 Å². The van der Waals surface area contributed by atoms with Gasteiger partial charge in [-0.25, -0.2) is 5.43 Å². The van der Waals surface area contributed by atoms with Gasteiger partial charge in [0.2, 0.25) is 5.91 Å². The van der Waals surface area contributed by atoms with Crippen LogP contribution in [-0.2, 0) is 17.9 Å². The Labute approximate surface area is 241 Å². The zero-order chi connectivity index (χ0) is 27.9. The van der Waals surface area contributed by atoms with E-state index in [1.54, 1.807) is 48.7 Å². The molecule has 40 heavy (non-hydrogen) atoms. The van der Waals surface area contributed by atoms with Crippen LogP contribution in [0.15, 0.2) is 108 Å². The van der Waals surface area contributed by atoms with E-state index in [0.29, 0.717) is 21.4 Å². The summed E-state index contributed by atoms with van der Waals surface area (Å²) in [6.07, 6.45) is 3.39. The third-order valence-corrected chi connectivity index (χ3v) is 6.68. The van der Waals surface area contributed by atoms with Crippen LogP contribution in [0.1, 0.15) is 21.5 Å². The minimum Gasteiger partial charge on any atom is -0.488 e. The molecular formula is C31H24Cl2N4O3. The van der Waals surface area contributed by atoms with Gasteiger partial charge in [0, 0.05) is 44.0 Å². The first kappa shape index (κ1) is 27.0. The number of aromatic nitrogens is 1. The summed E-state index contributed by atoms with van der Waals surface area (Å²) in [5.41, 5.74) is 6.00. The molecule has 0 aliphatic heterocycles. The van der Waals surface area contributed by atoms with Crippen molar-refractivity contribution in [3.05, 3.63) is 130 Å². The number of anilines is 1. The van der Waals surface area contributed by atoms with E-state index >= 15 is 0 Å². The highest BCUT2D eigenvalue weighted by Gasteiger charge is 2.14. The smallest absolute Gasteiger partial charge is 0.275 e. The number of rotatable bonds is 9. The fraction of sp³-hybridized carbons (Fsp3) is 0.0645. The molecule has 5 rings (SSSR count). The summed E-state index contributed by atoms with van der Waals surface area (Å²) < 4.78 is 7.74. The Bertz CT molecular complexity index is 1700. The van der Waals surface area contributed by atoms with E-state index in [-0.39, 0.29) is 19.1 Å². The highest BCUT2D eigenvalue weighted by molar-refractivity contribution is 6.35. The lowest BCUT2D eigenvalue weighted by Crippen LogP contribution is -2.19. The number of ether oxygens (including phenoxy) is 1. The van der Waals surface area contributed by atoms with Crippen molar-refractivity contribution in [2.24, 2.45) is 5.10 Å². The van der Waals surface area contributed by atoms with Crippen LogP contribution < -0.4 is 15.5 Å². The number of amides is 2. The van der Waals surface area contributed by atoms with Crippen LogP contribution in [-0.4, -0.2) is 22.6 Å². The van der Waals surface area contributed by atoms with Crippen molar-refractivity contribution in [2.45, 2.75) is 13.2 Å². The number of halogens is 2. The molecule has 2 N–H and O–H groups in total. The van der Waals surface area contributed by atoms with Gasteiger partial charge in [-0.2, -0.15) is 5.10 Å². The largest absolute Gasteiger partial charge is 0.488 e. The fourth-order valence-electron chi connectivity index (χ4n) is 4.18. The molecule has 0 atom stereocenters. The first-order valence-electron chi connectivity index (χ1n) is 12.4. The molecule has 0 spiro atoms. The van der Waals surface area contributed by atoms with E-state index in [0.717, 1.165) is 27.7 Å². The standard InChI is InChI=1S/C31H24Cl2N4O3/c32-23-15-14-21(27(33)16-23)20-40-29-13-7-5-11-26(29)31(39)36-34-17-22-18-37(28-12-6-4-10-25(22)28)19-30(38)35-24-8-2-1-3-9-24/h1-18H,19-20H2,(H,35,38)(H,36,39)/b34-17+. The van der Waals surface area contributed by atoms with E-state index in [1.165, 1.54) is 0 Å². The van der Waals surface area contributed by atoms with Crippen molar-refractivity contribution in [1.82, 2.24) is 9.99 Å². The predicted molar refractivity (Wildman–Crippen MR) is 159 cm³/mol. The molecule has 2 amide bonds. The molecule has 0 saturated heterocycles. The van der Waals surface area contributed by atoms with Gasteiger partial charge in [-0.05, 0) is 42.5 Å². The van der Waals surface area contributed by atoms with E-state index < -0.39 is 5.91 Å². The third kappa shape index (κ3) is 6.51. The number of hydrogen-bond acceptors (Lipinski definition) is 4. The highest BCUT2D eigenvalue weighted by Crippen LogP contribution is 2.25. The van der Waals surface area contributed by atoms with Crippen molar-refractivity contribution in [3.8, 4) is 5.75 Å². The van der Waals surface area contributed by atoms with Gasteiger partial charge in [-0.3, -0.25) is 9.59 Å². The minimum absolute atomic E-state index is 0.123. The molecule has 5 aromatic rings. The lowest BCUT2D eigenvalue weighted by molar-refractivity contribution is -0.116. The van der Waals surface area contributed by atoms with Crippen LogP contribution in [0.2, 0.25) is 10.0 Å². The summed E-state index contributed by atoms with van der Waals surface area (Å²) in [7, 11) is 0. The second-order valence-corrected chi connectivity index (χ2v) is 9.71. The van der Waals surface area contributed by atoms with Gasteiger partial charge in [-0.1, -0.05) is 77.8 Å². The number of hydrazone groups is 1. The lowest BCUT2D eigenvalue weighted by Gasteiger charge is -2.11. The lowest BCUT2D eigenvalue weighted by atomic mass is 10.2. The summed E-state index contributed by atoms with van der Waals surface area (Å²) in [5.74, 6) is -0.192. The van der Waals surface area contributed by atoms with E-state index in [2.05, 4.69) is 15.8 Å². The topological polar surface area (TPSA) is 84.7 Å². The molecular weight excluding hydrogens is 547 g/mol. The maximum atomic E-state index is 13.0. The summed E-state index contributed by atoms with van der Waals surface area (Å²) in [6, 6.07) is 29.0. The molecule has 0 saturated carbocycles. The number of benzene rings is 4. The Morgan fingerprint density at radius 2 is 1.65 bits per heavy atom. The maximum absolute atomic E-state index is 13.0. The van der Waals surface area contributed by atoms with E-state index in [9.17, 15) is 9.59 Å². The van der Waals surface area contributed by atoms with Crippen molar-refractivity contribution < 1.29 is 14.3 Å². The van der Waals surface area contributed by atoms with Gasteiger partial charge in [-0.15, -0.1) is 0 Å². The molecule has 0 fully saturated rings. The van der Waals surface area contributed by atoms with Gasteiger partial charge in [0.15, 0.2) is 0 Å². The second-order valence-electron chi connectivity index (χ2n) is 8.86. The highest BCUT2D eigenvalue weighted by atomic mass is 35.5. The summed E-state index contributed by atoms with van der Waals surface area (Å²) >= 11 is 12.2. The van der Waals surface area contributed by atoms with Gasteiger partial charge in [0.1, 0.15) is 18.9 Å². The first-order chi connectivity index (χ1) is 19.5. The number of carbonyl (C=O) groups is 2. The number of para-hydroxylation sites is 3. The molecule has 4 aromatic carbocycles. The van der Waals surface area contributed by atoms with Crippen molar-refractivity contribution in [3.63, 3.8) is 0 Å². The van der Waals surface area contributed by atoms with Crippen molar-refractivity contribution in [1.29, 1.82) is 0 Å². The molecule has 0 bridgehead atoms. The van der Waals surface area contributed by atoms with Crippen molar-refractivity contribution >= 4 is 57.8 Å². The number of nitrogens with zero attached hydrogens (tertiary/aromatic N) is 2. The Morgan fingerprint density at radius 3 is 2.48 bits per heavy atom. The average molecular weight is 571 g/mol. The third-order valence-electron chi connectivity index (χ3n) is 6.09. The molecule has 7 nitrogen and oxygen atoms in total.